The summed E-state index contributed by atoms with van der Waals surface area (Å²) in [5, 5.41) is 2.94. The Bertz CT molecular complexity index is 143. The third-order valence-electron chi connectivity index (χ3n) is 2.15. The molecule has 0 aromatic rings. The van der Waals surface area contributed by atoms with Gasteiger partial charge < -0.3 is 5.32 Å². The average Bonchev–Trinajstić information content (AvgIpc) is 1.83. The topological polar surface area (TPSA) is 29.1 Å². The molecule has 1 amide bonds. The van der Waals surface area contributed by atoms with Gasteiger partial charge in [0.05, 0.1) is 3.92 Å². The molecule has 1 aliphatic rings. The minimum Gasteiger partial charge on any atom is -0.355 e. The van der Waals surface area contributed by atoms with Crippen LogP contribution in [0.15, 0.2) is 0 Å². The molecule has 0 heterocycles. The lowest BCUT2D eigenvalue weighted by Crippen LogP contribution is -2.35. The normalized spacial score (nSPS) is 20.5. The van der Waals surface area contributed by atoms with Gasteiger partial charge >= 0.3 is 0 Å². The smallest absolute Gasteiger partial charge is 0.232 e. The molecule has 1 aliphatic carbocycles. The van der Waals surface area contributed by atoms with Crippen LogP contribution in [0.25, 0.3) is 0 Å². The van der Waals surface area contributed by atoms with Crippen LogP contribution in [0.4, 0.5) is 0 Å². The second kappa shape index (κ2) is 4.28. The second-order valence-electron chi connectivity index (χ2n) is 3.16. The zero-order valence-corrected chi connectivity index (χ0v) is 8.93. The van der Waals surface area contributed by atoms with Crippen LogP contribution in [-0.4, -0.2) is 16.4 Å². The Morgan fingerprint density at radius 3 is 2.73 bits per heavy atom. The molecule has 0 aliphatic heterocycles. The summed E-state index contributed by atoms with van der Waals surface area (Å²) in [5.74, 6) is 0.951. The van der Waals surface area contributed by atoms with Gasteiger partial charge in [0.25, 0.3) is 0 Å². The van der Waals surface area contributed by atoms with Crippen molar-refractivity contribution < 1.29 is 4.79 Å². The van der Waals surface area contributed by atoms with Gasteiger partial charge in [-0.05, 0) is 25.7 Å². The van der Waals surface area contributed by atoms with Gasteiger partial charge in [-0.2, -0.15) is 0 Å². The molecule has 11 heavy (non-hydrogen) atoms. The minimum atomic E-state index is 0.104. The van der Waals surface area contributed by atoms with Crippen LogP contribution in [0, 0.1) is 5.92 Å². The number of alkyl halides is 1. The van der Waals surface area contributed by atoms with E-state index in [1.54, 1.807) is 0 Å². The first-order chi connectivity index (χ1) is 5.20. The highest BCUT2D eigenvalue weighted by Gasteiger charge is 2.18. The number of hydrogen-bond donors (Lipinski definition) is 1. The Morgan fingerprint density at radius 1 is 1.73 bits per heavy atom. The molecule has 0 spiro atoms. The molecule has 0 radical (unpaired) electrons. The Kier molecular flexibility index (Phi) is 3.62. The van der Waals surface area contributed by atoms with E-state index in [0.717, 1.165) is 12.5 Å². The van der Waals surface area contributed by atoms with Gasteiger partial charge in [0.1, 0.15) is 0 Å². The van der Waals surface area contributed by atoms with Gasteiger partial charge in [-0.15, -0.1) is 0 Å². The van der Waals surface area contributed by atoms with Crippen LogP contribution in [0.5, 0.6) is 0 Å². The molecule has 1 rings (SSSR count). The van der Waals surface area contributed by atoms with Crippen molar-refractivity contribution in [1.29, 1.82) is 0 Å². The van der Waals surface area contributed by atoms with Gasteiger partial charge in [0.2, 0.25) is 5.91 Å². The van der Waals surface area contributed by atoms with Gasteiger partial charge in [0, 0.05) is 6.54 Å². The third kappa shape index (κ3) is 2.97. The SMILES string of the molecule is C[C@@H](I)C(=O)NCC1CCC1. The standard InChI is InChI=1S/C8H14INO/c1-6(9)8(11)10-5-7-3-2-4-7/h6-7H,2-5H2,1H3,(H,10,11)/t6-/m1/s1. The zero-order valence-electron chi connectivity index (χ0n) is 6.77. The molecule has 3 heteroatoms. The van der Waals surface area contributed by atoms with Crippen molar-refractivity contribution in [2.45, 2.75) is 30.1 Å². The van der Waals surface area contributed by atoms with E-state index in [1.165, 1.54) is 19.3 Å². The fraction of sp³-hybridized carbons (Fsp3) is 0.875. The van der Waals surface area contributed by atoms with Crippen molar-refractivity contribution >= 4 is 28.5 Å². The molecule has 0 unspecified atom stereocenters. The summed E-state index contributed by atoms with van der Waals surface area (Å²) < 4.78 is 0.104. The zero-order chi connectivity index (χ0) is 8.27. The monoisotopic (exact) mass is 267 g/mol. The van der Waals surface area contributed by atoms with Crippen molar-refractivity contribution in [1.82, 2.24) is 5.32 Å². The highest BCUT2D eigenvalue weighted by Crippen LogP contribution is 2.25. The fourth-order valence-electron chi connectivity index (χ4n) is 1.08. The molecule has 64 valence electrons. The van der Waals surface area contributed by atoms with E-state index in [-0.39, 0.29) is 9.83 Å². The lowest BCUT2D eigenvalue weighted by Gasteiger charge is -2.25. The molecule has 1 saturated carbocycles. The number of halogens is 1. The highest BCUT2D eigenvalue weighted by atomic mass is 127. The molecule has 0 aromatic carbocycles. The summed E-state index contributed by atoms with van der Waals surface area (Å²) in [6, 6.07) is 0. The van der Waals surface area contributed by atoms with Crippen molar-refractivity contribution in [3.8, 4) is 0 Å². The molecule has 1 N–H and O–H groups in total. The molecule has 0 aromatic heterocycles. The first-order valence-electron chi connectivity index (χ1n) is 4.12. The van der Waals surface area contributed by atoms with Crippen LogP contribution in [0.2, 0.25) is 0 Å². The summed E-state index contributed by atoms with van der Waals surface area (Å²) in [4.78, 5) is 11.1. The van der Waals surface area contributed by atoms with E-state index in [0.29, 0.717) is 0 Å². The van der Waals surface area contributed by atoms with Gasteiger partial charge in [-0.25, -0.2) is 0 Å². The van der Waals surface area contributed by atoms with E-state index >= 15 is 0 Å². The summed E-state index contributed by atoms with van der Waals surface area (Å²) in [6.07, 6.45) is 3.95. The van der Waals surface area contributed by atoms with Crippen molar-refractivity contribution in [3.63, 3.8) is 0 Å². The number of carbonyl (C=O) groups is 1. The first-order valence-corrected chi connectivity index (χ1v) is 5.36. The molecule has 1 fully saturated rings. The summed E-state index contributed by atoms with van der Waals surface area (Å²) in [7, 11) is 0. The largest absolute Gasteiger partial charge is 0.355 e. The number of rotatable bonds is 3. The molecular formula is C8H14INO. The van der Waals surface area contributed by atoms with Crippen LogP contribution >= 0.6 is 22.6 Å². The predicted molar refractivity (Wildman–Crippen MR) is 53.8 cm³/mol. The van der Waals surface area contributed by atoms with Crippen LogP contribution in [-0.2, 0) is 4.79 Å². The minimum absolute atomic E-state index is 0.104. The van der Waals surface area contributed by atoms with Crippen LogP contribution in [0.3, 0.4) is 0 Å². The molecule has 0 bridgehead atoms. The van der Waals surface area contributed by atoms with E-state index in [1.807, 2.05) is 6.92 Å². The maximum Gasteiger partial charge on any atom is 0.232 e. The molecule has 1 atom stereocenters. The molecule has 0 saturated heterocycles. The Morgan fingerprint density at radius 2 is 2.36 bits per heavy atom. The lowest BCUT2D eigenvalue weighted by atomic mass is 9.85. The number of amides is 1. The van der Waals surface area contributed by atoms with E-state index < -0.39 is 0 Å². The highest BCUT2D eigenvalue weighted by molar-refractivity contribution is 14.1. The van der Waals surface area contributed by atoms with Gasteiger partial charge in [0.15, 0.2) is 0 Å². The first kappa shape index (κ1) is 9.29. The Labute approximate surface area is 81.3 Å². The number of hydrogen-bond acceptors (Lipinski definition) is 1. The number of nitrogens with one attached hydrogen (secondary N) is 1. The molecular weight excluding hydrogens is 253 g/mol. The maximum absolute atomic E-state index is 11.1. The summed E-state index contributed by atoms with van der Waals surface area (Å²) in [6.45, 7) is 2.81. The van der Waals surface area contributed by atoms with Crippen molar-refractivity contribution in [3.05, 3.63) is 0 Å². The van der Waals surface area contributed by atoms with Gasteiger partial charge in [-0.1, -0.05) is 29.0 Å². The van der Waals surface area contributed by atoms with E-state index in [9.17, 15) is 4.79 Å². The van der Waals surface area contributed by atoms with Crippen LogP contribution < -0.4 is 5.32 Å². The Balaban J connectivity index is 2.06. The Hall–Kier alpha value is 0.200. The fourth-order valence-corrected chi connectivity index (χ4v) is 1.30. The van der Waals surface area contributed by atoms with E-state index in [2.05, 4.69) is 27.9 Å². The second-order valence-corrected chi connectivity index (χ2v) is 5.03. The van der Waals surface area contributed by atoms with Crippen molar-refractivity contribution in [2.24, 2.45) is 5.92 Å². The third-order valence-corrected chi connectivity index (χ3v) is 2.72. The van der Waals surface area contributed by atoms with Gasteiger partial charge in [-0.3, -0.25) is 4.79 Å². The predicted octanol–water partition coefficient (Wildman–Crippen LogP) is 1.73. The maximum atomic E-state index is 11.1. The lowest BCUT2D eigenvalue weighted by molar-refractivity contribution is -0.120. The average molecular weight is 267 g/mol. The quantitative estimate of drug-likeness (QED) is 0.612. The molecule has 2 nitrogen and oxygen atoms in total. The van der Waals surface area contributed by atoms with E-state index in [4.69, 9.17) is 0 Å². The van der Waals surface area contributed by atoms with Crippen LogP contribution in [0.1, 0.15) is 26.2 Å². The van der Waals surface area contributed by atoms with Crippen molar-refractivity contribution in [2.75, 3.05) is 6.54 Å². The summed E-state index contributed by atoms with van der Waals surface area (Å²) in [5.41, 5.74) is 0. The number of carbonyl (C=O) groups excluding carboxylic acids is 1. The summed E-state index contributed by atoms with van der Waals surface area (Å²) >= 11 is 2.13.